The molecule has 1 heterocycles. The van der Waals surface area contributed by atoms with Gasteiger partial charge in [-0.2, -0.15) is 13.2 Å². The molecular formula is C15H9F4NO4. The van der Waals surface area contributed by atoms with E-state index < -0.39 is 29.5 Å². The first kappa shape index (κ1) is 17.4. The van der Waals surface area contributed by atoms with Crippen LogP contribution < -0.4 is 4.74 Å². The number of nitrogens with zero attached hydrogens (tertiary/aromatic N) is 1. The number of alkyl halides is 3. The van der Waals surface area contributed by atoms with Crippen LogP contribution >= 0.6 is 0 Å². The number of halogens is 4. The minimum Gasteiger partial charge on any atom is -0.481 e. The zero-order valence-electron chi connectivity index (χ0n) is 12.1. The summed E-state index contributed by atoms with van der Waals surface area (Å²) in [5, 5.41) is 0. The van der Waals surface area contributed by atoms with E-state index >= 15 is 0 Å². The molecule has 0 saturated heterocycles. The number of benzene rings is 1. The van der Waals surface area contributed by atoms with Gasteiger partial charge in [0.2, 0.25) is 5.88 Å². The fourth-order valence-electron chi connectivity index (χ4n) is 1.73. The molecule has 9 heteroatoms. The molecule has 24 heavy (non-hydrogen) atoms. The summed E-state index contributed by atoms with van der Waals surface area (Å²) in [6, 6.07) is 6.21. The number of carbonyl (C=O) groups excluding carboxylic acids is 2. The van der Waals surface area contributed by atoms with Crippen LogP contribution in [0.2, 0.25) is 0 Å². The molecule has 0 spiro atoms. The van der Waals surface area contributed by atoms with E-state index in [4.69, 9.17) is 4.74 Å². The molecule has 2 aromatic rings. The first-order valence-electron chi connectivity index (χ1n) is 6.35. The number of ether oxygens (including phenoxy) is 2. The molecule has 0 atom stereocenters. The number of rotatable bonds is 3. The van der Waals surface area contributed by atoms with Crippen molar-refractivity contribution in [1.29, 1.82) is 0 Å². The van der Waals surface area contributed by atoms with Gasteiger partial charge in [0.05, 0.1) is 12.7 Å². The molecule has 2 rings (SSSR count). The summed E-state index contributed by atoms with van der Waals surface area (Å²) in [6.45, 7) is 0. The third-order valence-corrected chi connectivity index (χ3v) is 2.88. The molecular weight excluding hydrogens is 334 g/mol. The van der Waals surface area contributed by atoms with Gasteiger partial charge in [0.15, 0.2) is 0 Å². The van der Waals surface area contributed by atoms with Gasteiger partial charge in [0.25, 0.3) is 0 Å². The van der Waals surface area contributed by atoms with E-state index in [0.29, 0.717) is 17.0 Å². The first-order chi connectivity index (χ1) is 11.2. The lowest BCUT2D eigenvalue weighted by molar-refractivity contribution is -0.193. The van der Waals surface area contributed by atoms with Crippen LogP contribution in [0.5, 0.6) is 5.88 Å². The number of hydrogen-bond donors (Lipinski definition) is 0. The number of esters is 2. The molecule has 1 aromatic carbocycles. The molecule has 0 aliphatic rings. The molecule has 0 fully saturated rings. The van der Waals surface area contributed by atoms with E-state index in [1.165, 1.54) is 25.4 Å². The molecule has 1 aromatic heterocycles. The van der Waals surface area contributed by atoms with E-state index in [1.54, 1.807) is 6.07 Å². The van der Waals surface area contributed by atoms with Gasteiger partial charge in [-0.05, 0) is 23.8 Å². The minimum absolute atomic E-state index is 0.321. The highest BCUT2D eigenvalue weighted by Gasteiger charge is 2.42. The van der Waals surface area contributed by atoms with Crippen molar-refractivity contribution in [2.45, 2.75) is 6.18 Å². The van der Waals surface area contributed by atoms with Crippen LogP contribution in [0.25, 0.3) is 11.1 Å². The molecule has 0 unspecified atom stereocenters. The zero-order valence-corrected chi connectivity index (χ0v) is 12.1. The van der Waals surface area contributed by atoms with Gasteiger partial charge in [-0.25, -0.2) is 19.0 Å². The predicted octanol–water partition coefficient (Wildman–Crippen LogP) is 3.14. The van der Waals surface area contributed by atoms with E-state index in [-0.39, 0.29) is 0 Å². The normalized spacial score (nSPS) is 11.0. The van der Waals surface area contributed by atoms with Crippen LogP contribution in [0.1, 0.15) is 10.4 Å². The number of hydrogen-bond acceptors (Lipinski definition) is 5. The second-order valence-electron chi connectivity index (χ2n) is 4.46. The SMILES string of the molecule is COc1ccc(-c2ccc(C(=O)OC(=O)C(F)(F)F)c(F)c2)cn1. The smallest absolute Gasteiger partial charge is 0.481 e. The molecule has 0 aliphatic carbocycles. The van der Waals surface area contributed by atoms with Crippen LogP contribution in [-0.2, 0) is 9.53 Å². The Bertz CT molecular complexity index is 772. The Labute approximate surface area is 132 Å². The Kier molecular flexibility index (Phi) is 4.82. The number of carbonyl (C=O) groups is 2. The van der Waals surface area contributed by atoms with E-state index in [2.05, 4.69) is 9.72 Å². The second-order valence-corrected chi connectivity index (χ2v) is 4.46. The average molecular weight is 343 g/mol. The van der Waals surface area contributed by atoms with Gasteiger partial charge in [-0.1, -0.05) is 6.07 Å². The van der Waals surface area contributed by atoms with Gasteiger partial charge < -0.3 is 9.47 Å². The minimum atomic E-state index is -5.35. The Hall–Kier alpha value is -2.97. The van der Waals surface area contributed by atoms with Crippen LogP contribution in [0.15, 0.2) is 36.5 Å². The number of methoxy groups -OCH3 is 1. The highest BCUT2D eigenvalue weighted by atomic mass is 19.4. The molecule has 0 aliphatic heterocycles. The summed E-state index contributed by atoms with van der Waals surface area (Å²) in [6.07, 6.45) is -3.96. The highest BCUT2D eigenvalue weighted by Crippen LogP contribution is 2.24. The van der Waals surface area contributed by atoms with Crippen molar-refractivity contribution >= 4 is 11.9 Å². The van der Waals surface area contributed by atoms with Crippen LogP contribution in [-0.4, -0.2) is 30.2 Å². The first-order valence-corrected chi connectivity index (χ1v) is 6.35. The lowest BCUT2D eigenvalue weighted by atomic mass is 10.1. The Morgan fingerprint density at radius 1 is 1.08 bits per heavy atom. The Balaban J connectivity index is 2.23. The van der Waals surface area contributed by atoms with Gasteiger partial charge in [0.1, 0.15) is 5.82 Å². The maximum atomic E-state index is 13.9. The highest BCUT2D eigenvalue weighted by molar-refractivity contribution is 5.98. The molecule has 0 bridgehead atoms. The number of aromatic nitrogens is 1. The van der Waals surface area contributed by atoms with E-state index in [1.807, 2.05) is 0 Å². The van der Waals surface area contributed by atoms with Gasteiger partial charge in [-0.15, -0.1) is 0 Å². The maximum Gasteiger partial charge on any atom is 0.491 e. The molecule has 0 saturated carbocycles. The second kappa shape index (κ2) is 6.65. The summed E-state index contributed by atoms with van der Waals surface area (Å²) >= 11 is 0. The van der Waals surface area contributed by atoms with E-state index in [9.17, 15) is 27.2 Å². The third-order valence-electron chi connectivity index (χ3n) is 2.88. The average Bonchev–Trinajstić information content (AvgIpc) is 2.53. The standard InChI is InChI=1S/C15H9F4NO4/c1-23-12-5-3-9(7-20-12)8-2-4-10(11(16)6-8)13(21)24-14(22)15(17,18)19/h2-7H,1H3. The lowest BCUT2D eigenvalue weighted by Gasteiger charge is -2.08. The largest absolute Gasteiger partial charge is 0.491 e. The quantitative estimate of drug-likeness (QED) is 0.487. The van der Waals surface area contributed by atoms with Crippen molar-refractivity contribution in [1.82, 2.24) is 4.98 Å². The van der Waals surface area contributed by atoms with Crippen LogP contribution in [0.4, 0.5) is 17.6 Å². The molecule has 0 radical (unpaired) electrons. The van der Waals surface area contributed by atoms with Crippen molar-refractivity contribution in [3.8, 4) is 17.0 Å². The molecule has 5 nitrogen and oxygen atoms in total. The van der Waals surface area contributed by atoms with Crippen LogP contribution in [0.3, 0.4) is 0 Å². The Morgan fingerprint density at radius 3 is 2.25 bits per heavy atom. The fourth-order valence-corrected chi connectivity index (χ4v) is 1.73. The summed E-state index contributed by atoms with van der Waals surface area (Å²) in [4.78, 5) is 26.0. The number of pyridine rings is 1. The monoisotopic (exact) mass is 343 g/mol. The van der Waals surface area contributed by atoms with Crippen LogP contribution in [0, 0.1) is 5.82 Å². The molecule has 0 N–H and O–H groups in total. The van der Waals surface area contributed by atoms with Gasteiger partial charge in [0, 0.05) is 17.8 Å². The van der Waals surface area contributed by atoms with Crippen molar-refractivity contribution in [3.05, 3.63) is 47.9 Å². The fraction of sp³-hybridized carbons (Fsp3) is 0.133. The van der Waals surface area contributed by atoms with Gasteiger partial charge in [-0.3, -0.25) is 0 Å². The molecule has 0 amide bonds. The van der Waals surface area contributed by atoms with Crippen molar-refractivity contribution in [3.63, 3.8) is 0 Å². The zero-order chi connectivity index (χ0) is 17.9. The summed E-state index contributed by atoms with van der Waals surface area (Å²) in [5.41, 5.74) is 0.0140. The molecule has 126 valence electrons. The Morgan fingerprint density at radius 2 is 1.75 bits per heavy atom. The lowest BCUT2D eigenvalue weighted by Crippen LogP contribution is -2.28. The van der Waals surface area contributed by atoms with Crippen molar-refractivity contribution < 1.29 is 36.6 Å². The maximum absolute atomic E-state index is 13.9. The van der Waals surface area contributed by atoms with Crippen molar-refractivity contribution in [2.75, 3.05) is 7.11 Å². The predicted molar refractivity (Wildman–Crippen MR) is 72.7 cm³/mol. The van der Waals surface area contributed by atoms with Crippen molar-refractivity contribution in [2.24, 2.45) is 0 Å². The van der Waals surface area contributed by atoms with E-state index in [0.717, 1.165) is 12.1 Å². The summed E-state index contributed by atoms with van der Waals surface area (Å²) < 4.78 is 58.5. The van der Waals surface area contributed by atoms with Gasteiger partial charge >= 0.3 is 18.1 Å². The third kappa shape index (κ3) is 3.86. The topological polar surface area (TPSA) is 65.5 Å². The summed E-state index contributed by atoms with van der Waals surface area (Å²) in [5.74, 6) is -5.24. The summed E-state index contributed by atoms with van der Waals surface area (Å²) in [7, 11) is 1.42.